The van der Waals surface area contributed by atoms with Gasteiger partial charge in [0.1, 0.15) is 4.88 Å². The molecule has 3 aromatic rings. The molecule has 8 heteroatoms. The van der Waals surface area contributed by atoms with Gasteiger partial charge in [-0.05, 0) is 25.3 Å². The Bertz CT molecular complexity index is 761. The number of carbonyl (C=O) groups is 1. The molecule has 0 aromatic carbocycles. The topological polar surface area (TPSA) is 80.9 Å². The molecule has 0 radical (unpaired) electrons. The third kappa shape index (κ3) is 3.17. The lowest BCUT2D eigenvalue weighted by atomic mass is 10.3. The number of nitrogens with zero attached hydrogens (tertiary/aromatic N) is 3. The van der Waals surface area contributed by atoms with Crippen LogP contribution in [-0.2, 0) is 11.2 Å². The lowest BCUT2D eigenvalue weighted by Gasteiger charge is -1.97. The molecule has 1 amide bonds. The summed E-state index contributed by atoms with van der Waals surface area (Å²) < 4.78 is 5.47. The molecular formula is C13H12N4O2S2. The van der Waals surface area contributed by atoms with Gasteiger partial charge in [-0.2, -0.15) is 0 Å². The maximum atomic E-state index is 11.9. The molecule has 3 heterocycles. The standard InChI is InChI=1S/C13H12N4O2S2/c1-7-11(21-8(2)14-7)12-16-17-13(19-12)15-10(18)6-9-4-3-5-20-9/h3-5H,6H2,1-2H3,(H,15,17,18). The molecule has 21 heavy (non-hydrogen) atoms. The molecule has 0 spiro atoms. The highest BCUT2D eigenvalue weighted by atomic mass is 32.1. The number of thiazole rings is 1. The van der Waals surface area contributed by atoms with E-state index in [0.717, 1.165) is 20.5 Å². The zero-order valence-corrected chi connectivity index (χ0v) is 13.0. The van der Waals surface area contributed by atoms with Crippen LogP contribution in [0.1, 0.15) is 15.6 Å². The Kier molecular flexibility index (Phi) is 3.80. The minimum absolute atomic E-state index is 0.108. The van der Waals surface area contributed by atoms with Crippen molar-refractivity contribution in [3.63, 3.8) is 0 Å². The smallest absolute Gasteiger partial charge is 0.322 e. The Morgan fingerprint density at radius 3 is 2.90 bits per heavy atom. The first-order valence-electron chi connectivity index (χ1n) is 6.22. The van der Waals surface area contributed by atoms with Gasteiger partial charge >= 0.3 is 6.01 Å². The lowest BCUT2D eigenvalue weighted by Crippen LogP contribution is -2.13. The molecule has 0 saturated heterocycles. The van der Waals surface area contributed by atoms with Crippen LogP contribution in [-0.4, -0.2) is 21.1 Å². The lowest BCUT2D eigenvalue weighted by molar-refractivity contribution is -0.115. The fraction of sp³-hybridized carbons (Fsp3) is 0.231. The van der Waals surface area contributed by atoms with Crippen LogP contribution in [0.4, 0.5) is 6.01 Å². The summed E-state index contributed by atoms with van der Waals surface area (Å²) >= 11 is 3.02. The maximum absolute atomic E-state index is 11.9. The highest BCUT2D eigenvalue weighted by Crippen LogP contribution is 2.29. The third-order valence-corrected chi connectivity index (χ3v) is 4.62. The average molecular weight is 320 g/mol. The Labute approximate surface area is 128 Å². The van der Waals surface area contributed by atoms with Crippen molar-refractivity contribution in [3.8, 4) is 10.8 Å². The monoisotopic (exact) mass is 320 g/mol. The second-order valence-electron chi connectivity index (χ2n) is 4.36. The van der Waals surface area contributed by atoms with Gasteiger partial charge in [0.05, 0.1) is 17.1 Å². The largest absolute Gasteiger partial charge is 0.402 e. The number of carbonyl (C=O) groups excluding carboxylic acids is 1. The highest BCUT2D eigenvalue weighted by molar-refractivity contribution is 7.15. The second kappa shape index (κ2) is 5.74. The fourth-order valence-electron chi connectivity index (χ4n) is 1.83. The summed E-state index contributed by atoms with van der Waals surface area (Å²) in [6, 6.07) is 3.93. The van der Waals surface area contributed by atoms with E-state index in [4.69, 9.17) is 4.42 Å². The van der Waals surface area contributed by atoms with Gasteiger partial charge in [0, 0.05) is 4.88 Å². The normalized spacial score (nSPS) is 10.8. The van der Waals surface area contributed by atoms with Gasteiger partial charge in [-0.15, -0.1) is 27.8 Å². The van der Waals surface area contributed by atoms with E-state index in [1.807, 2.05) is 31.4 Å². The molecule has 0 aliphatic carbocycles. The molecule has 0 atom stereocenters. The first-order valence-corrected chi connectivity index (χ1v) is 7.91. The number of hydrogen-bond acceptors (Lipinski definition) is 7. The average Bonchev–Trinajstić information content (AvgIpc) is 3.12. The van der Waals surface area contributed by atoms with Crippen LogP contribution in [0, 0.1) is 13.8 Å². The van der Waals surface area contributed by atoms with Crippen LogP contribution in [0.25, 0.3) is 10.8 Å². The van der Waals surface area contributed by atoms with Gasteiger partial charge in [0.25, 0.3) is 5.89 Å². The van der Waals surface area contributed by atoms with Gasteiger partial charge < -0.3 is 4.42 Å². The molecule has 0 aliphatic heterocycles. The van der Waals surface area contributed by atoms with E-state index in [1.165, 1.54) is 22.7 Å². The van der Waals surface area contributed by atoms with E-state index < -0.39 is 0 Å². The zero-order valence-electron chi connectivity index (χ0n) is 11.4. The van der Waals surface area contributed by atoms with Crippen LogP contribution in [0.15, 0.2) is 21.9 Å². The summed E-state index contributed by atoms with van der Waals surface area (Å²) in [6.45, 7) is 3.80. The fourth-order valence-corrected chi connectivity index (χ4v) is 3.37. The number of aromatic nitrogens is 3. The molecule has 3 rings (SSSR count). The van der Waals surface area contributed by atoms with E-state index in [9.17, 15) is 4.79 Å². The van der Waals surface area contributed by atoms with E-state index in [1.54, 1.807) is 0 Å². The van der Waals surface area contributed by atoms with Crippen molar-refractivity contribution in [3.05, 3.63) is 33.1 Å². The summed E-state index contributed by atoms with van der Waals surface area (Å²) in [7, 11) is 0. The molecular weight excluding hydrogens is 308 g/mol. The Morgan fingerprint density at radius 2 is 2.24 bits per heavy atom. The van der Waals surface area contributed by atoms with Crippen molar-refractivity contribution in [2.75, 3.05) is 5.32 Å². The van der Waals surface area contributed by atoms with E-state index in [0.29, 0.717) is 12.3 Å². The molecule has 0 unspecified atom stereocenters. The third-order valence-electron chi connectivity index (χ3n) is 2.68. The Balaban J connectivity index is 1.70. The first kappa shape index (κ1) is 13.9. The molecule has 6 nitrogen and oxygen atoms in total. The number of rotatable bonds is 4. The quantitative estimate of drug-likeness (QED) is 0.799. The minimum atomic E-state index is -0.176. The number of thiophene rings is 1. The Morgan fingerprint density at radius 1 is 1.38 bits per heavy atom. The van der Waals surface area contributed by atoms with Crippen molar-refractivity contribution < 1.29 is 9.21 Å². The van der Waals surface area contributed by atoms with E-state index >= 15 is 0 Å². The molecule has 3 aromatic heterocycles. The van der Waals surface area contributed by atoms with E-state index in [2.05, 4.69) is 20.5 Å². The van der Waals surface area contributed by atoms with Crippen LogP contribution < -0.4 is 5.32 Å². The van der Waals surface area contributed by atoms with Crippen molar-refractivity contribution in [2.45, 2.75) is 20.3 Å². The van der Waals surface area contributed by atoms with Crippen LogP contribution >= 0.6 is 22.7 Å². The maximum Gasteiger partial charge on any atom is 0.322 e. The molecule has 0 fully saturated rings. The van der Waals surface area contributed by atoms with Crippen LogP contribution in [0.3, 0.4) is 0 Å². The summed E-state index contributed by atoms with van der Waals surface area (Å²) in [6.07, 6.45) is 0.300. The van der Waals surface area contributed by atoms with Gasteiger partial charge in [0.2, 0.25) is 5.91 Å². The van der Waals surface area contributed by atoms with Gasteiger partial charge in [-0.1, -0.05) is 11.2 Å². The molecule has 1 N–H and O–H groups in total. The SMILES string of the molecule is Cc1nc(C)c(-c2nnc(NC(=O)Cc3cccs3)o2)s1. The van der Waals surface area contributed by atoms with E-state index in [-0.39, 0.29) is 11.9 Å². The second-order valence-corrected chi connectivity index (χ2v) is 6.60. The van der Waals surface area contributed by atoms with Crippen LogP contribution in [0.2, 0.25) is 0 Å². The number of aryl methyl sites for hydroxylation is 2. The Hall–Kier alpha value is -2.06. The number of amides is 1. The van der Waals surface area contributed by atoms with Gasteiger partial charge in [0.15, 0.2) is 0 Å². The predicted octanol–water partition coefficient (Wildman–Crippen LogP) is 3.05. The first-order chi connectivity index (χ1) is 10.1. The molecule has 0 saturated carbocycles. The number of hydrogen-bond donors (Lipinski definition) is 1. The van der Waals surface area contributed by atoms with Crippen molar-refractivity contribution in [1.29, 1.82) is 0 Å². The summed E-state index contributed by atoms with van der Waals surface area (Å²) in [5, 5.41) is 13.3. The van der Waals surface area contributed by atoms with Crippen LogP contribution in [0.5, 0.6) is 0 Å². The number of nitrogens with one attached hydrogen (secondary N) is 1. The van der Waals surface area contributed by atoms with Crippen molar-refractivity contribution >= 4 is 34.6 Å². The highest BCUT2D eigenvalue weighted by Gasteiger charge is 2.16. The summed E-state index contributed by atoms with van der Waals surface area (Å²) in [5.41, 5.74) is 0.845. The van der Waals surface area contributed by atoms with Crippen molar-refractivity contribution in [2.24, 2.45) is 0 Å². The molecule has 0 aliphatic rings. The molecule has 0 bridgehead atoms. The van der Waals surface area contributed by atoms with Crippen molar-refractivity contribution in [1.82, 2.24) is 15.2 Å². The van der Waals surface area contributed by atoms with Gasteiger partial charge in [-0.25, -0.2) is 4.98 Å². The number of anilines is 1. The molecule has 108 valence electrons. The summed E-state index contributed by atoms with van der Waals surface area (Å²) in [4.78, 5) is 18.0. The summed E-state index contributed by atoms with van der Waals surface area (Å²) in [5.74, 6) is 0.203. The zero-order chi connectivity index (χ0) is 14.8. The minimum Gasteiger partial charge on any atom is -0.402 e. The predicted molar refractivity (Wildman–Crippen MR) is 81.5 cm³/mol. The van der Waals surface area contributed by atoms with Gasteiger partial charge in [-0.3, -0.25) is 10.1 Å².